The van der Waals surface area contributed by atoms with Gasteiger partial charge in [0.15, 0.2) is 6.29 Å². The van der Waals surface area contributed by atoms with Gasteiger partial charge in [-0.3, -0.25) is 0 Å². The highest BCUT2D eigenvalue weighted by molar-refractivity contribution is 5.13. The van der Waals surface area contributed by atoms with Crippen LogP contribution in [0, 0.1) is 0 Å². The largest absolute Gasteiger partial charge is 0.382 e. The van der Waals surface area contributed by atoms with Gasteiger partial charge in [-0.1, -0.05) is 30.3 Å². The van der Waals surface area contributed by atoms with Crippen LogP contribution < -0.4 is 0 Å². The average molecular weight is 312 g/mol. The summed E-state index contributed by atoms with van der Waals surface area (Å²) in [5.41, 5.74) is 1.01. The van der Waals surface area contributed by atoms with E-state index in [9.17, 15) is 5.11 Å². The van der Waals surface area contributed by atoms with Crippen LogP contribution in [0.3, 0.4) is 0 Å². The summed E-state index contributed by atoms with van der Waals surface area (Å²) in [6.45, 7) is 0.665. The van der Waals surface area contributed by atoms with Gasteiger partial charge in [-0.15, -0.1) is 0 Å². The first-order valence-corrected chi connectivity index (χ1v) is 7.24. The summed E-state index contributed by atoms with van der Waals surface area (Å²) in [5, 5.41) is 10.2. The van der Waals surface area contributed by atoms with Crippen molar-refractivity contribution >= 4 is 0 Å². The van der Waals surface area contributed by atoms with E-state index in [0.29, 0.717) is 13.2 Å². The van der Waals surface area contributed by atoms with E-state index < -0.39 is 24.6 Å². The van der Waals surface area contributed by atoms with Crippen molar-refractivity contribution in [3.63, 3.8) is 0 Å². The van der Waals surface area contributed by atoms with Crippen molar-refractivity contribution in [3.8, 4) is 0 Å². The van der Waals surface area contributed by atoms with E-state index in [2.05, 4.69) is 0 Å². The van der Waals surface area contributed by atoms with Crippen molar-refractivity contribution in [2.45, 2.75) is 37.3 Å². The van der Waals surface area contributed by atoms with Gasteiger partial charge in [0.05, 0.1) is 13.2 Å². The molecule has 6 nitrogen and oxygen atoms in total. The minimum absolute atomic E-state index is 0.306. The molecule has 1 aliphatic rings. The van der Waals surface area contributed by atoms with Gasteiger partial charge in [0.25, 0.3) is 0 Å². The first kappa shape index (κ1) is 17.3. The summed E-state index contributed by atoms with van der Waals surface area (Å²) in [7, 11) is 4.72. The molecule has 0 amide bonds. The molecule has 0 aromatic heterocycles. The Morgan fingerprint density at radius 2 is 1.68 bits per heavy atom. The molecule has 0 spiro atoms. The number of ether oxygens (including phenoxy) is 5. The van der Waals surface area contributed by atoms with Crippen molar-refractivity contribution in [2.75, 3.05) is 27.9 Å². The van der Waals surface area contributed by atoms with Crippen molar-refractivity contribution in [2.24, 2.45) is 0 Å². The average Bonchev–Trinajstić information content (AvgIpc) is 2.54. The van der Waals surface area contributed by atoms with Gasteiger partial charge in [-0.25, -0.2) is 0 Å². The van der Waals surface area contributed by atoms with Gasteiger partial charge >= 0.3 is 0 Å². The van der Waals surface area contributed by atoms with Crippen LogP contribution in [0.2, 0.25) is 0 Å². The molecule has 0 bridgehead atoms. The Kier molecular flexibility index (Phi) is 6.75. The maximum atomic E-state index is 10.2. The van der Waals surface area contributed by atoms with Gasteiger partial charge < -0.3 is 28.8 Å². The second kappa shape index (κ2) is 8.57. The zero-order valence-electron chi connectivity index (χ0n) is 13.2. The molecule has 0 unspecified atom stereocenters. The molecule has 0 aliphatic carbocycles. The number of benzene rings is 1. The summed E-state index contributed by atoms with van der Waals surface area (Å²) < 4.78 is 27.5. The molecule has 22 heavy (non-hydrogen) atoms. The minimum atomic E-state index is -1.10. The summed E-state index contributed by atoms with van der Waals surface area (Å²) in [5.74, 6) is 0. The van der Waals surface area contributed by atoms with E-state index in [4.69, 9.17) is 23.7 Å². The Morgan fingerprint density at radius 3 is 2.27 bits per heavy atom. The number of hydrogen-bond acceptors (Lipinski definition) is 6. The molecule has 1 N–H and O–H groups in total. The molecular formula is C16H24O6. The van der Waals surface area contributed by atoms with E-state index in [1.165, 1.54) is 0 Å². The van der Waals surface area contributed by atoms with Gasteiger partial charge in [-0.2, -0.15) is 0 Å². The third-order valence-corrected chi connectivity index (χ3v) is 3.77. The lowest BCUT2D eigenvalue weighted by molar-refractivity contribution is -0.306. The maximum Gasteiger partial charge on any atom is 0.184 e. The van der Waals surface area contributed by atoms with E-state index >= 15 is 0 Å². The predicted octanol–water partition coefficient (Wildman–Crippen LogP) is 0.965. The van der Waals surface area contributed by atoms with Crippen LogP contribution in [0.4, 0.5) is 0 Å². The highest BCUT2D eigenvalue weighted by Gasteiger charge is 2.46. The molecule has 1 fully saturated rings. The van der Waals surface area contributed by atoms with E-state index in [-0.39, 0.29) is 6.10 Å². The number of methoxy groups -OCH3 is 3. The molecule has 1 aromatic rings. The third-order valence-electron chi connectivity index (χ3n) is 3.77. The zero-order chi connectivity index (χ0) is 15.9. The SMILES string of the molecule is COC[C@H]1O[C@@H](O)[C@H](OCc2ccccc2)[C@@H](OC)[C@H]1OC. The fourth-order valence-corrected chi connectivity index (χ4v) is 2.69. The summed E-state index contributed by atoms with van der Waals surface area (Å²) in [6.07, 6.45) is -2.97. The third kappa shape index (κ3) is 4.04. The van der Waals surface area contributed by atoms with Crippen LogP contribution >= 0.6 is 0 Å². The smallest absolute Gasteiger partial charge is 0.184 e. The highest BCUT2D eigenvalue weighted by atomic mass is 16.7. The standard InChI is InChI=1S/C16H24O6/c1-18-10-12-13(19-2)14(20-3)15(16(17)22-12)21-9-11-7-5-4-6-8-11/h4-8,12-17H,9-10H2,1-3H3/t12-,13+,14+,15-,16-/m1/s1. The molecule has 6 heteroatoms. The molecule has 1 aliphatic heterocycles. The van der Waals surface area contributed by atoms with Crippen LogP contribution in [0.1, 0.15) is 5.56 Å². The van der Waals surface area contributed by atoms with Crippen LogP contribution in [0.15, 0.2) is 30.3 Å². The summed E-state index contributed by atoms with van der Waals surface area (Å²) >= 11 is 0. The fraction of sp³-hybridized carbons (Fsp3) is 0.625. The molecule has 1 saturated heterocycles. The Bertz CT molecular complexity index is 426. The van der Waals surface area contributed by atoms with Crippen LogP contribution in [-0.2, 0) is 30.3 Å². The number of aliphatic hydroxyl groups is 1. The molecular weight excluding hydrogens is 288 g/mol. The van der Waals surface area contributed by atoms with Gasteiger partial charge in [0, 0.05) is 21.3 Å². The Morgan fingerprint density at radius 1 is 1.00 bits per heavy atom. The first-order valence-electron chi connectivity index (χ1n) is 7.24. The van der Waals surface area contributed by atoms with Crippen LogP contribution in [-0.4, -0.2) is 63.7 Å². The Hall–Kier alpha value is -1.02. The molecule has 0 saturated carbocycles. The lowest BCUT2D eigenvalue weighted by atomic mass is 9.98. The molecule has 1 heterocycles. The summed E-state index contributed by atoms with van der Waals surface area (Å²) in [4.78, 5) is 0. The maximum absolute atomic E-state index is 10.2. The molecule has 0 radical (unpaired) electrons. The Labute approximate surface area is 130 Å². The van der Waals surface area contributed by atoms with Crippen LogP contribution in [0.25, 0.3) is 0 Å². The van der Waals surface area contributed by atoms with E-state index in [1.54, 1.807) is 21.3 Å². The van der Waals surface area contributed by atoms with Crippen molar-refractivity contribution in [1.29, 1.82) is 0 Å². The van der Waals surface area contributed by atoms with Crippen molar-refractivity contribution in [1.82, 2.24) is 0 Å². The predicted molar refractivity (Wildman–Crippen MR) is 79.4 cm³/mol. The van der Waals surface area contributed by atoms with Gasteiger partial charge in [0.1, 0.15) is 24.4 Å². The quantitative estimate of drug-likeness (QED) is 0.809. The lowest BCUT2D eigenvalue weighted by Gasteiger charge is -2.43. The second-order valence-corrected chi connectivity index (χ2v) is 5.18. The highest BCUT2D eigenvalue weighted by Crippen LogP contribution is 2.27. The van der Waals surface area contributed by atoms with Crippen molar-refractivity contribution < 1.29 is 28.8 Å². The zero-order valence-corrected chi connectivity index (χ0v) is 13.2. The van der Waals surface area contributed by atoms with Gasteiger partial charge in [0.2, 0.25) is 0 Å². The monoisotopic (exact) mass is 312 g/mol. The number of rotatable bonds is 7. The van der Waals surface area contributed by atoms with Crippen molar-refractivity contribution in [3.05, 3.63) is 35.9 Å². The molecule has 5 atom stereocenters. The normalized spacial score (nSPS) is 32.1. The summed E-state index contributed by atoms with van der Waals surface area (Å²) in [6, 6.07) is 9.73. The Balaban J connectivity index is 2.05. The number of aliphatic hydroxyl groups excluding tert-OH is 1. The lowest BCUT2D eigenvalue weighted by Crippen LogP contribution is -2.60. The minimum Gasteiger partial charge on any atom is -0.382 e. The molecule has 1 aromatic carbocycles. The van der Waals surface area contributed by atoms with E-state index in [0.717, 1.165) is 5.56 Å². The number of hydrogen-bond donors (Lipinski definition) is 1. The topological polar surface area (TPSA) is 66.4 Å². The second-order valence-electron chi connectivity index (χ2n) is 5.18. The van der Waals surface area contributed by atoms with E-state index in [1.807, 2.05) is 30.3 Å². The van der Waals surface area contributed by atoms with Gasteiger partial charge in [-0.05, 0) is 5.56 Å². The first-order chi connectivity index (χ1) is 10.7. The van der Waals surface area contributed by atoms with Crippen LogP contribution in [0.5, 0.6) is 0 Å². The molecule has 124 valence electrons. The molecule has 2 rings (SSSR count). The fourth-order valence-electron chi connectivity index (χ4n) is 2.69.